The van der Waals surface area contributed by atoms with Gasteiger partial charge in [0.25, 0.3) is 0 Å². The summed E-state index contributed by atoms with van der Waals surface area (Å²) in [5.41, 5.74) is 0.501. The van der Waals surface area contributed by atoms with Gasteiger partial charge >= 0.3 is 5.97 Å². The van der Waals surface area contributed by atoms with E-state index < -0.39 is 21.2 Å². The van der Waals surface area contributed by atoms with Gasteiger partial charge in [-0.3, -0.25) is 0 Å². The van der Waals surface area contributed by atoms with Crippen molar-refractivity contribution >= 4 is 21.9 Å². The van der Waals surface area contributed by atoms with Gasteiger partial charge in [0, 0.05) is 17.2 Å². The maximum Gasteiger partial charge on any atom is 0.334 e. The third-order valence-electron chi connectivity index (χ3n) is 3.08. The Hall–Kier alpha value is -1.62. The topological polar surface area (TPSA) is 60.4 Å². The average molecular weight is 280 g/mol. The molecule has 1 aliphatic rings. The Labute approximate surface area is 113 Å². The number of hydrogen-bond acceptors (Lipinski definition) is 4. The minimum atomic E-state index is -3.19. The van der Waals surface area contributed by atoms with E-state index in [1.807, 2.05) is 30.3 Å². The van der Waals surface area contributed by atoms with Gasteiger partial charge in [0.1, 0.15) is 16.4 Å². The van der Waals surface area contributed by atoms with E-state index in [9.17, 15) is 13.2 Å². The van der Waals surface area contributed by atoms with E-state index in [-0.39, 0.29) is 12.4 Å². The zero-order chi connectivity index (χ0) is 14.1. The molecule has 1 unspecified atom stereocenters. The molecule has 0 N–H and O–H groups in total. The number of sulfone groups is 1. The van der Waals surface area contributed by atoms with Gasteiger partial charge in [-0.2, -0.15) is 0 Å². The van der Waals surface area contributed by atoms with E-state index in [2.05, 4.69) is 0 Å². The predicted octanol–water partition coefficient (Wildman–Crippen LogP) is 1.68. The van der Waals surface area contributed by atoms with Gasteiger partial charge in [0.05, 0.1) is 5.75 Å². The lowest BCUT2D eigenvalue weighted by molar-refractivity contribution is -0.135. The van der Waals surface area contributed by atoms with Crippen molar-refractivity contribution in [1.82, 2.24) is 0 Å². The van der Waals surface area contributed by atoms with Crippen LogP contribution in [0.5, 0.6) is 0 Å². The Bertz CT molecular complexity index is 616. The van der Waals surface area contributed by atoms with Gasteiger partial charge in [-0.1, -0.05) is 37.3 Å². The van der Waals surface area contributed by atoms with Crippen molar-refractivity contribution in [2.75, 3.05) is 18.6 Å². The van der Waals surface area contributed by atoms with Crippen molar-refractivity contribution in [3.05, 3.63) is 41.5 Å². The van der Waals surface area contributed by atoms with Crippen LogP contribution < -0.4 is 0 Å². The van der Waals surface area contributed by atoms with E-state index in [1.54, 1.807) is 13.0 Å². The Morgan fingerprint density at radius 2 is 1.95 bits per heavy atom. The quantitative estimate of drug-likeness (QED) is 0.624. The summed E-state index contributed by atoms with van der Waals surface area (Å²) in [6, 6.07) is 9.32. The number of ether oxygens (including phenoxy) is 1. The summed E-state index contributed by atoms with van der Waals surface area (Å²) >= 11 is 0. The number of esters is 1. The highest BCUT2D eigenvalue weighted by Gasteiger charge is 2.43. The first-order valence-electron chi connectivity index (χ1n) is 5.92. The van der Waals surface area contributed by atoms with Crippen LogP contribution in [0.1, 0.15) is 12.5 Å². The molecule has 0 radical (unpaired) electrons. The lowest BCUT2D eigenvalue weighted by atomic mass is 9.86. The molecule has 1 saturated heterocycles. The maximum absolute atomic E-state index is 11.8. The van der Waals surface area contributed by atoms with Crippen molar-refractivity contribution in [1.29, 1.82) is 0 Å². The molecule has 1 atom stereocenters. The zero-order valence-corrected chi connectivity index (χ0v) is 11.7. The van der Waals surface area contributed by atoms with E-state index >= 15 is 0 Å². The van der Waals surface area contributed by atoms with Gasteiger partial charge in [0.2, 0.25) is 0 Å². The van der Waals surface area contributed by atoms with E-state index in [1.165, 1.54) is 6.26 Å². The van der Waals surface area contributed by atoms with Gasteiger partial charge in [-0.15, -0.1) is 0 Å². The van der Waals surface area contributed by atoms with E-state index in [4.69, 9.17) is 4.74 Å². The summed E-state index contributed by atoms with van der Waals surface area (Å²) in [6.07, 6.45) is 2.88. The van der Waals surface area contributed by atoms with Gasteiger partial charge in [0.15, 0.2) is 0 Å². The molecule has 0 amide bonds. The predicted molar refractivity (Wildman–Crippen MR) is 73.2 cm³/mol. The summed E-state index contributed by atoms with van der Waals surface area (Å²) in [5, 5.41) is 0. The molecule has 19 heavy (non-hydrogen) atoms. The molecule has 0 saturated carbocycles. The van der Waals surface area contributed by atoms with Crippen LogP contribution in [0.4, 0.5) is 0 Å². The second-order valence-electron chi connectivity index (χ2n) is 5.18. The Kier molecular flexibility index (Phi) is 3.49. The number of rotatable bonds is 3. The van der Waals surface area contributed by atoms with Gasteiger partial charge < -0.3 is 4.74 Å². The number of cyclic esters (lactones) is 1. The van der Waals surface area contributed by atoms with Crippen molar-refractivity contribution in [2.24, 2.45) is 5.41 Å². The fourth-order valence-electron chi connectivity index (χ4n) is 2.27. The Morgan fingerprint density at radius 3 is 2.53 bits per heavy atom. The van der Waals surface area contributed by atoms with Crippen molar-refractivity contribution in [3.63, 3.8) is 0 Å². The van der Waals surface area contributed by atoms with Crippen LogP contribution >= 0.6 is 0 Å². The summed E-state index contributed by atoms with van der Waals surface area (Å²) < 4.78 is 28.0. The third-order valence-corrected chi connectivity index (χ3v) is 4.24. The highest BCUT2D eigenvalue weighted by atomic mass is 32.2. The highest BCUT2D eigenvalue weighted by molar-refractivity contribution is 7.90. The molecular weight excluding hydrogens is 264 g/mol. The number of carbonyl (C=O) groups excluding carboxylic acids is 1. The second-order valence-corrected chi connectivity index (χ2v) is 7.32. The molecule has 2 rings (SSSR count). The number of hydrogen-bond donors (Lipinski definition) is 0. The van der Waals surface area contributed by atoms with E-state index in [0.29, 0.717) is 5.57 Å². The molecule has 1 fully saturated rings. The molecule has 0 bridgehead atoms. The van der Waals surface area contributed by atoms with Crippen LogP contribution in [0.25, 0.3) is 6.08 Å². The van der Waals surface area contributed by atoms with Crippen molar-refractivity contribution < 1.29 is 17.9 Å². The van der Waals surface area contributed by atoms with Gasteiger partial charge in [-0.05, 0) is 11.6 Å². The molecule has 1 aromatic carbocycles. The molecule has 0 aromatic heterocycles. The smallest absolute Gasteiger partial charge is 0.334 e. The average Bonchev–Trinajstić information content (AvgIpc) is 2.56. The summed E-state index contributed by atoms with van der Waals surface area (Å²) in [5.74, 6) is -0.528. The molecule has 102 valence electrons. The van der Waals surface area contributed by atoms with Crippen LogP contribution in [0.3, 0.4) is 0 Å². The first kappa shape index (κ1) is 13.8. The van der Waals surface area contributed by atoms with Crippen LogP contribution in [0.15, 0.2) is 35.9 Å². The SMILES string of the molecule is CC1(CS(C)(=O)=O)COC(=O)/C1=C/c1ccccc1. The summed E-state index contributed by atoms with van der Waals surface area (Å²) in [4.78, 5) is 11.8. The molecule has 0 aliphatic carbocycles. The van der Waals surface area contributed by atoms with Crippen LogP contribution in [0, 0.1) is 5.41 Å². The molecule has 1 aromatic rings. The fourth-order valence-corrected chi connectivity index (χ4v) is 3.67. The van der Waals surface area contributed by atoms with Crippen LogP contribution in [0.2, 0.25) is 0 Å². The van der Waals surface area contributed by atoms with Crippen molar-refractivity contribution in [3.8, 4) is 0 Å². The molecule has 0 spiro atoms. The summed E-state index contributed by atoms with van der Waals surface area (Å²) in [6.45, 7) is 1.85. The first-order chi connectivity index (χ1) is 8.80. The second kappa shape index (κ2) is 4.81. The molecule has 1 heterocycles. The lowest BCUT2D eigenvalue weighted by Gasteiger charge is -2.20. The third kappa shape index (κ3) is 3.23. The standard InChI is InChI=1S/C14H16O4S/c1-14(10-19(2,16)17)9-18-13(15)12(14)8-11-6-4-3-5-7-11/h3-8H,9-10H2,1-2H3/b12-8-. The van der Waals surface area contributed by atoms with Crippen molar-refractivity contribution in [2.45, 2.75) is 6.92 Å². The lowest BCUT2D eigenvalue weighted by Crippen LogP contribution is -2.29. The Morgan fingerprint density at radius 1 is 1.32 bits per heavy atom. The highest BCUT2D eigenvalue weighted by Crippen LogP contribution is 2.37. The van der Waals surface area contributed by atoms with Crippen LogP contribution in [-0.4, -0.2) is 33.0 Å². The number of benzene rings is 1. The fraction of sp³-hybridized carbons (Fsp3) is 0.357. The molecule has 1 aliphatic heterocycles. The molecular formula is C14H16O4S. The number of carbonyl (C=O) groups is 1. The normalized spacial score (nSPS) is 25.6. The monoisotopic (exact) mass is 280 g/mol. The van der Waals surface area contributed by atoms with E-state index in [0.717, 1.165) is 5.56 Å². The Balaban J connectivity index is 2.41. The molecule has 5 heteroatoms. The van der Waals surface area contributed by atoms with Gasteiger partial charge in [-0.25, -0.2) is 13.2 Å². The largest absolute Gasteiger partial charge is 0.461 e. The zero-order valence-electron chi connectivity index (χ0n) is 10.9. The van der Waals surface area contributed by atoms with Crippen LogP contribution in [-0.2, 0) is 19.4 Å². The minimum absolute atomic E-state index is 0.0929. The summed E-state index contributed by atoms with van der Waals surface area (Å²) in [7, 11) is -3.19. The first-order valence-corrected chi connectivity index (χ1v) is 7.98. The minimum Gasteiger partial charge on any atom is -0.461 e. The maximum atomic E-state index is 11.8. The molecule has 4 nitrogen and oxygen atoms in total.